The molecule has 78 valence electrons. The highest BCUT2D eigenvalue weighted by molar-refractivity contribution is 5.87. The Labute approximate surface area is 88.6 Å². The van der Waals surface area contributed by atoms with Crippen molar-refractivity contribution in [3.8, 4) is 5.75 Å². The van der Waals surface area contributed by atoms with Crippen LogP contribution in [0.15, 0.2) is 55.0 Å². The third kappa shape index (κ3) is 3.68. The van der Waals surface area contributed by atoms with Gasteiger partial charge in [0, 0.05) is 5.57 Å². The number of hydrogen-bond acceptors (Lipinski definition) is 3. The summed E-state index contributed by atoms with van der Waals surface area (Å²) in [6, 6.07) is 8.95. The molecule has 0 aliphatic heterocycles. The number of rotatable bonds is 4. The molecule has 0 aromatic heterocycles. The molecule has 1 aromatic rings. The van der Waals surface area contributed by atoms with Crippen LogP contribution in [0.1, 0.15) is 6.92 Å². The second-order valence-electron chi connectivity index (χ2n) is 2.96. The van der Waals surface area contributed by atoms with E-state index in [2.05, 4.69) is 13.2 Å². The maximum Gasteiger partial charge on any atom is 0.340 e. The normalized spacial score (nSPS) is 9.13. The van der Waals surface area contributed by atoms with Crippen molar-refractivity contribution < 1.29 is 14.3 Å². The molecule has 0 aliphatic rings. The van der Waals surface area contributed by atoms with Crippen LogP contribution in [0.3, 0.4) is 0 Å². The molecule has 15 heavy (non-hydrogen) atoms. The summed E-state index contributed by atoms with van der Waals surface area (Å²) >= 11 is 0. The molecule has 0 bridgehead atoms. The first-order valence-corrected chi connectivity index (χ1v) is 4.39. The molecule has 0 saturated carbocycles. The van der Waals surface area contributed by atoms with Gasteiger partial charge in [-0.15, -0.1) is 0 Å². The average Bonchev–Trinajstić information content (AvgIpc) is 2.18. The van der Waals surface area contributed by atoms with E-state index in [1.54, 1.807) is 19.1 Å². The summed E-state index contributed by atoms with van der Waals surface area (Å²) in [5, 5.41) is 0. The molecule has 0 fully saturated rings. The van der Waals surface area contributed by atoms with Crippen LogP contribution in [-0.4, -0.2) is 5.97 Å². The zero-order chi connectivity index (χ0) is 11.3. The predicted octanol–water partition coefficient (Wildman–Crippen LogP) is 2.66. The molecule has 0 aliphatic carbocycles. The van der Waals surface area contributed by atoms with Gasteiger partial charge in [-0.3, -0.25) is 0 Å². The molecule has 0 saturated heterocycles. The number of hydrogen-bond donors (Lipinski definition) is 0. The fourth-order valence-corrected chi connectivity index (χ4v) is 0.831. The lowest BCUT2D eigenvalue weighted by atomic mass is 10.3. The highest BCUT2D eigenvalue weighted by Gasteiger charge is 2.07. The number of carbonyl (C=O) groups is 1. The van der Waals surface area contributed by atoms with Gasteiger partial charge in [-0.2, -0.15) is 0 Å². The van der Waals surface area contributed by atoms with E-state index < -0.39 is 5.97 Å². The minimum atomic E-state index is -0.545. The SMILES string of the molecule is C=C(OC(=O)C(=C)C)Oc1ccccc1. The summed E-state index contributed by atoms with van der Waals surface area (Å²) in [7, 11) is 0. The number of ether oxygens (including phenoxy) is 2. The van der Waals surface area contributed by atoms with Crippen LogP contribution in [0.2, 0.25) is 0 Å². The second kappa shape index (κ2) is 5.00. The largest absolute Gasteiger partial charge is 0.426 e. The Morgan fingerprint density at radius 3 is 2.33 bits per heavy atom. The smallest absolute Gasteiger partial charge is 0.340 e. The van der Waals surface area contributed by atoms with E-state index in [1.807, 2.05) is 18.2 Å². The molecule has 0 unspecified atom stereocenters. The van der Waals surface area contributed by atoms with Crippen molar-refractivity contribution in [1.29, 1.82) is 0 Å². The van der Waals surface area contributed by atoms with Gasteiger partial charge >= 0.3 is 5.97 Å². The van der Waals surface area contributed by atoms with Gasteiger partial charge in [-0.05, 0) is 25.6 Å². The minimum Gasteiger partial charge on any atom is -0.426 e. The number of benzene rings is 1. The Kier molecular flexibility index (Phi) is 3.68. The quantitative estimate of drug-likeness (QED) is 0.429. The van der Waals surface area contributed by atoms with Crippen molar-refractivity contribution in [3.05, 3.63) is 55.0 Å². The summed E-state index contributed by atoms with van der Waals surface area (Å²) < 4.78 is 9.92. The summed E-state index contributed by atoms with van der Waals surface area (Å²) in [6.45, 7) is 8.46. The Balaban J connectivity index is 2.51. The van der Waals surface area contributed by atoms with E-state index in [-0.39, 0.29) is 5.95 Å². The molecular weight excluding hydrogens is 192 g/mol. The van der Waals surface area contributed by atoms with E-state index in [0.717, 1.165) is 0 Å². The van der Waals surface area contributed by atoms with Crippen molar-refractivity contribution in [1.82, 2.24) is 0 Å². The van der Waals surface area contributed by atoms with Crippen LogP contribution in [0, 0.1) is 0 Å². The fourth-order valence-electron chi connectivity index (χ4n) is 0.831. The fraction of sp³-hybridized carbons (Fsp3) is 0.0833. The maximum absolute atomic E-state index is 11.1. The van der Waals surface area contributed by atoms with Crippen LogP contribution in [0.25, 0.3) is 0 Å². The van der Waals surface area contributed by atoms with E-state index >= 15 is 0 Å². The lowest BCUT2D eigenvalue weighted by Gasteiger charge is -2.08. The van der Waals surface area contributed by atoms with Crippen LogP contribution in [-0.2, 0) is 9.53 Å². The lowest BCUT2D eigenvalue weighted by molar-refractivity contribution is -0.137. The van der Waals surface area contributed by atoms with E-state index in [4.69, 9.17) is 9.47 Å². The standard InChI is InChI=1S/C12H12O3/c1-9(2)12(13)15-10(3)14-11-7-5-4-6-8-11/h4-8H,1,3H2,2H3. The number of para-hydroxylation sites is 1. The zero-order valence-corrected chi connectivity index (χ0v) is 8.53. The van der Waals surface area contributed by atoms with Crippen molar-refractivity contribution >= 4 is 5.97 Å². The van der Waals surface area contributed by atoms with Gasteiger partial charge < -0.3 is 9.47 Å². The van der Waals surface area contributed by atoms with Crippen LogP contribution in [0.5, 0.6) is 5.75 Å². The Morgan fingerprint density at radius 2 is 1.80 bits per heavy atom. The summed E-state index contributed by atoms with van der Waals surface area (Å²) in [6.07, 6.45) is 0. The third-order valence-corrected chi connectivity index (χ3v) is 1.53. The van der Waals surface area contributed by atoms with Gasteiger partial charge in [-0.25, -0.2) is 4.79 Å². The van der Waals surface area contributed by atoms with Gasteiger partial charge in [0.1, 0.15) is 5.75 Å². The van der Waals surface area contributed by atoms with Crippen molar-refractivity contribution in [2.24, 2.45) is 0 Å². The molecule has 3 heteroatoms. The number of esters is 1. The maximum atomic E-state index is 11.1. The molecule has 0 radical (unpaired) electrons. The van der Waals surface area contributed by atoms with E-state index in [9.17, 15) is 4.79 Å². The minimum absolute atomic E-state index is 0.0609. The predicted molar refractivity (Wildman–Crippen MR) is 57.1 cm³/mol. The van der Waals surface area contributed by atoms with E-state index in [0.29, 0.717) is 11.3 Å². The lowest BCUT2D eigenvalue weighted by Crippen LogP contribution is -2.08. The third-order valence-electron chi connectivity index (χ3n) is 1.53. The highest BCUT2D eigenvalue weighted by atomic mass is 16.7. The van der Waals surface area contributed by atoms with Crippen molar-refractivity contribution in [2.75, 3.05) is 0 Å². The van der Waals surface area contributed by atoms with Gasteiger partial charge in [0.05, 0.1) is 0 Å². The molecule has 3 nitrogen and oxygen atoms in total. The molecule has 1 rings (SSSR count). The van der Waals surface area contributed by atoms with Crippen molar-refractivity contribution in [2.45, 2.75) is 6.92 Å². The molecular formula is C12H12O3. The molecule has 0 heterocycles. The van der Waals surface area contributed by atoms with Gasteiger partial charge in [0.25, 0.3) is 5.95 Å². The van der Waals surface area contributed by atoms with Gasteiger partial charge in [-0.1, -0.05) is 24.8 Å². The molecule has 0 atom stereocenters. The summed E-state index contributed by atoms with van der Waals surface area (Å²) in [4.78, 5) is 11.1. The zero-order valence-electron chi connectivity index (χ0n) is 8.53. The first kappa shape index (κ1) is 11.0. The second-order valence-corrected chi connectivity index (χ2v) is 2.96. The first-order valence-electron chi connectivity index (χ1n) is 4.39. The average molecular weight is 204 g/mol. The Hall–Kier alpha value is -2.03. The number of carbonyl (C=O) groups excluding carboxylic acids is 1. The summed E-state index contributed by atoms with van der Waals surface area (Å²) in [5.74, 6) is -0.0397. The summed E-state index contributed by atoms with van der Waals surface area (Å²) in [5.41, 5.74) is 0.299. The van der Waals surface area contributed by atoms with Crippen molar-refractivity contribution in [3.63, 3.8) is 0 Å². The first-order chi connectivity index (χ1) is 7.09. The molecule has 1 aromatic carbocycles. The van der Waals surface area contributed by atoms with Crippen LogP contribution >= 0.6 is 0 Å². The monoisotopic (exact) mass is 204 g/mol. The topological polar surface area (TPSA) is 35.5 Å². The Morgan fingerprint density at radius 1 is 1.20 bits per heavy atom. The van der Waals surface area contributed by atoms with Gasteiger partial charge in [0.2, 0.25) is 0 Å². The van der Waals surface area contributed by atoms with E-state index in [1.165, 1.54) is 0 Å². The molecule has 0 N–H and O–H groups in total. The van der Waals surface area contributed by atoms with Gasteiger partial charge in [0.15, 0.2) is 0 Å². The highest BCUT2D eigenvalue weighted by Crippen LogP contribution is 2.13. The Bertz CT molecular complexity index is 379. The van der Waals surface area contributed by atoms with Crippen LogP contribution < -0.4 is 4.74 Å². The van der Waals surface area contributed by atoms with Crippen LogP contribution in [0.4, 0.5) is 0 Å². The molecule has 0 amide bonds. The molecule has 0 spiro atoms.